The Balaban J connectivity index is -0.0000000450. The second kappa shape index (κ2) is 22.8. The maximum Gasteiger partial charge on any atom is 0.0508 e. The molecule has 0 aliphatic heterocycles. The number of rotatable bonds is 0. The van der Waals surface area contributed by atoms with E-state index < -0.39 is 0 Å². The zero-order valence-electron chi connectivity index (χ0n) is 3.59. The molecule has 6 heavy (non-hydrogen) atoms. The van der Waals surface area contributed by atoms with E-state index >= 15 is 0 Å². The van der Waals surface area contributed by atoms with Crippen molar-refractivity contribution < 1.29 is 0 Å². The van der Waals surface area contributed by atoms with E-state index in [1.165, 1.54) is 7.05 Å². The fraction of sp³-hybridized carbons (Fsp3) is 1.00. The first-order valence-corrected chi connectivity index (χ1v) is 0.905. The second-order valence-corrected chi connectivity index (χ2v) is 0.315. The topological polar surface area (TPSA) is 85.7 Å². The van der Waals surface area contributed by atoms with Gasteiger partial charge < -0.3 is 12.0 Å². The Labute approximate surface area is 42.8 Å². The quantitative estimate of drug-likeness (QED) is 0.272. The molecule has 0 aliphatic rings. The van der Waals surface area contributed by atoms with Crippen molar-refractivity contribution in [1.29, 1.82) is 0 Å². The molecule has 0 aromatic carbocycles. The highest BCUT2D eigenvalue weighted by atomic mass is 35.5. The molecule has 0 saturated heterocycles. The van der Waals surface area contributed by atoms with Gasteiger partial charge in [0.15, 0.2) is 0 Å². The molecule has 0 amide bonds. The molecule has 0 unspecified atom stereocenters. The molecule has 0 spiro atoms. The summed E-state index contributed by atoms with van der Waals surface area (Å²) in [7, 11) is 1.51. The van der Waals surface area contributed by atoms with E-state index in [1.807, 2.05) is 0 Å². The summed E-state index contributed by atoms with van der Waals surface area (Å²) in [4.78, 5) is 0. The van der Waals surface area contributed by atoms with Crippen molar-refractivity contribution in [3.05, 3.63) is 0 Å². The van der Waals surface area contributed by atoms with E-state index in [9.17, 15) is 0 Å². The van der Waals surface area contributed by atoms with Gasteiger partial charge in [0.1, 0.15) is 0 Å². The third-order valence-corrected chi connectivity index (χ3v) is 0.115. The fourth-order valence-corrected chi connectivity index (χ4v) is 0. The van der Waals surface area contributed by atoms with E-state index in [-0.39, 0.29) is 18.6 Å². The third-order valence-electron chi connectivity index (χ3n) is 0.115. The lowest BCUT2D eigenvalue weighted by atomic mass is 11.6. The fourth-order valence-electron chi connectivity index (χ4n) is 0. The van der Waals surface area contributed by atoms with Crippen LogP contribution in [-0.4, -0.2) is 7.05 Å². The van der Waals surface area contributed by atoms with Gasteiger partial charge in [-0.25, -0.2) is 0 Å². The van der Waals surface area contributed by atoms with Crippen LogP contribution in [0.25, 0.3) is 0 Å². The Morgan fingerprint density at radius 1 is 1.50 bits per heavy atom. The van der Waals surface area contributed by atoms with Crippen LogP contribution < -0.4 is 12.0 Å². The van der Waals surface area contributed by atoms with Crippen molar-refractivity contribution in [3.8, 4) is 0 Å². The van der Waals surface area contributed by atoms with Crippen LogP contribution in [0.5, 0.6) is 0 Å². The summed E-state index contributed by atoms with van der Waals surface area (Å²) in [6.45, 7) is 0. The Bertz CT molecular complexity index is 22.7. The maximum absolute atomic E-state index is 4.49. The highest BCUT2D eigenvalue weighted by Gasteiger charge is 1.30. The van der Waals surface area contributed by atoms with Crippen LogP contribution in [0.15, 0.2) is 10.3 Å². The van der Waals surface area contributed by atoms with Gasteiger partial charge in [0.25, 0.3) is 0 Å². The Kier molecular flexibility index (Phi) is 66.0. The molecular formula is CH9ClN4. The Morgan fingerprint density at radius 2 is 1.67 bits per heavy atom. The van der Waals surface area contributed by atoms with Crippen molar-refractivity contribution in [2.45, 2.75) is 0 Å². The largest absolute Gasteiger partial charge is 0.344 e. The molecule has 0 rings (SSSR count). The average Bonchev–Trinajstić information content (AvgIpc) is 1.37. The summed E-state index contributed by atoms with van der Waals surface area (Å²) in [6.07, 6.45) is 0. The number of halogens is 1. The molecule has 0 aliphatic carbocycles. The lowest BCUT2D eigenvalue weighted by Crippen LogP contribution is -1.70. The first-order chi connectivity index (χ1) is 1.91. The first kappa shape index (κ1) is 17.4. The summed E-state index contributed by atoms with van der Waals surface area (Å²) in [5.74, 6) is 4.49. The van der Waals surface area contributed by atoms with Crippen LogP contribution in [0.4, 0.5) is 0 Å². The van der Waals surface area contributed by atoms with Gasteiger partial charge in [0.05, 0.1) is 7.05 Å². The van der Waals surface area contributed by atoms with E-state index in [0.717, 1.165) is 0 Å². The van der Waals surface area contributed by atoms with Crippen molar-refractivity contribution in [1.82, 2.24) is 6.15 Å². The normalized spacial score (nSPS) is 6.17. The lowest BCUT2D eigenvalue weighted by molar-refractivity contribution is 1.02. The summed E-state index contributed by atoms with van der Waals surface area (Å²) in [5, 5.41) is 6.00. The van der Waals surface area contributed by atoms with Gasteiger partial charge in [-0.15, -0.1) is 12.4 Å². The van der Waals surface area contributed by atoms with Crippen molar-refractivity contribution in [3.63, 3.8) is 0 Å². The van der Waals surface area contributed by atoms with Crippen molar-refractivity contribution in [2.24, 2.45) is 16.2 Å². The maximum atomic E-state index is 4.49. The third kappa shape index (κ3) is 60.7. The molecule has 40 valence electrons. The lowest BCUT2D eigenvalue weighted by Gasteiger charge is -1.55. The van der Waals surface area contributed by atoms with Crippen LogP contribution >= 0.6 is 12.4 Å². The molecule has 0 aromatic rings. The minimum Gasteiger partial charge on any atom is -0.344 e. The average molecular weight is 113 g/mol. The molecular weight excluding hydrogens is 103 g/mol. The highest BCUT2D eigenvalue weighted by Crippen LogP contribution is 1.41. The molecule has 0 heterocycles. The molecule has 0 radical (unpaired) electrons. The summed E-state index contributed by atoms with van der Waals surface area (Å²) in [5.41, 5.74) is 0. The molecule has 5 heteroatoms. The van der Waals surface area contributed by atoms with Gasteiger partial charge in [-0.05, 0) is 0 Å². The van der Waals surface area contributed by atoms with Crippen LogP contribution in [0.1, 0.15) is 0 Å². The Hall–Kier alpha value is -0.350. The van der Waals surface area contributed by atoms with Crippen molar-refractivity contribution >= 4 is 12.4 Å². The van der Waals surface area contributed by atoms with E-state index in [2.05, 4.69) is 16.2 Å². The number of nitrogens with zero attached hydrogens (tertiary/aromatic N) is 2. The molecule has 0 fully saturated rings. The van der Waals surface area contributed by atoms with Gasteiger partial charge in [0, 0.05) is 0 Å². The zero-order chi connectivity index (χ0) is 3.41. The zero-order valence-corrected chi connectivity index (χ0v) is 4.40. The molecule has 0 bridgehead atoms. The molecule has 0 aromatic heterocycles. The summed E-state index contributed by atoms with van der Waals surface area (Å²) in [6, 6.07) is 0. The SMILES string of the molecule is CN=NN.Cl.N. The van der Waals surface area contributed by atoms with Crippen LogP contribution in [-0.2, 0) is 0 Å². The number of nitrogens with two attached hydrogens (primary N) is 1. The van der Waals surface area contributed by atoms with Gasteiger partial charge in [-0.2, -0.15) is 5.11 Å². The second-order valence-electron chi connectivity index (χ2n) is 0.315. The van der Waals surface area contributed by atoms with Gasteiger partial charge >= 0.3 is 0 Å². The number of hydrogen-bond donors (Lipinski definition) is 2. The van der Waals surface area contributed by atoms with E-state index in [0.29, 0.717) is 0 Å². The van der Waals surface area contributed by atoms with E-state index in [4.69, 9.17) is 0 Å². The minimum absolute atomic E-state index is 0. The number of hydrogen-bond acceptors (Lipinski definition) is 3. The smallest absolute Gasteiger partial charge is 0.0508 e. The van der Waals surface area contributed by atoms with Crippen molar-refractivity contribution in [2.75, 3.05) is 7.05 Å². The molecule has 0 atom stereocenters. The van der Waals surface area contributed by atoms with Crippen LogP contribution in [0.3, 0.4) is 0 Å². The van der Waals surface area contributed by atoms with Crippen LogP contribution in [0, 0.1) is 0 Å². The molecule has 0 saturated carbocycles. The van der Waals surface area contributed by atoms with Gasteiger partial charge in [0.2, 0.25) is 0 Å². The summed E-state index contributed by atoms with van der Waals surface area (Å²) >= 11 is 0. The first-order valence-electron chi connectivity index (χ1n) is 0.905. The standard InChI is InChI=1S/CH5N3.ClH.H3N/c1-3-4-2;;/h1H3,(H2,2,3);1H;1H3. The highest BCUT2D eigenvalue weighted by molar-refractivity contribution is 5.85. The predicted octanol–water partition coefficient (Wildman–Crippen LogP) is 0.526. The summed E-state index contributed by atoms with van der Waals surface area (Å²) < 4.78 is 0. The predicted molar refractivity (Wildman–Crippen MR) is 27.2 cm³/mol. The van der Waals surface area contributed by atoms with E-state index in [1.54, 1.807) is 0 Å². The molecule has 5 N–H and O–H groups in total. The van der Waals surface area contributed by atoms with Gasteiger partial charge in [-0.3, -0.25) is 0 Å². The monoisotopic (exact) mass is 112 g/mol. The van der Waals surface area contributed by atoms with Crippen LogP contribution in [0.2, 0.25) is 0 Å². The van der Waals surface area contributed by atoms with Gasteiger partial charge in [-0.1, -0.05) is 5.22 Å². The minimum atomic E-state index is 0. The molecule has 4 nitrogen and oxygen atoms in total. The Morgan fingerprint density at radius 3 is 1.67 bits per heavy atom.